The summed E-state index contributed by atoms with van der Waals surface area (Å²) in [5.41, 5.74) is 0. The lowest BCUT2D eigenvalue weighted by Gasteiger charge is -2.18. The van der Waals surface area contributed by atoms with E-state index in [1.165, 1.54) is 0 Å². The number of hydrogen-bond donors (Lipinski definition) is 2. The predicted octanol–water partition coefficient (Wildman–Crippen LogP) is -1.09. The first-order valence-electron chi connectivity index (χ1n) is 3.94. The molecule has 68 valence electrons. The fourth-order valence-corrected chi connectivity index (χ4v) is 6.79. The zero-order valence-electron chi connectivity index (χ0n) is 6.17. The topological polar surface area (TPSA) is 66.4 Å². The normalized spacial score (nSPS) is 59.6. The smallest absolute Gasteiger partial charge is 0.216 e. The standard InChI is InChI=1S/C6H9NO3S2/c8-5-2-1-3-6(11-2)4(5)7-12(3,9)10/h2-8H,1H2. The van der Waals surface area contributed by atoms with Gasteiger partial charge in [0.2, 0.25) is 10.0 Å². The summed E-state index contributed by atoms with van der Waals surface area (Å²) in [6.07, 6.45) is 0.163. The summed E-state index contributed by atoms with van der Waals surface area (Å²) < 4.78 is 25.3. The van der Waals surface area contributed by atoms with Gasteiger partial charge in [-0.1, -0.05) is 0 Å². The molecule has 0 radical (unpaired) electrons. The maximum Gasteiger partial charge on any atom is 0.216 e. The van der Waals surface area contributed by atoms with Crippen molar-refractivity contribution in [3.63, 3.8) is 0 Å². The Hall–Kier alpha value is 0.220. The molecule has 0 spiro atoms. The van der Waals surface area contributed by atoms with E-state index in [2.05, 4.69) is 4.72 Å². The first-order chi connectivity index (χ1) is 5.59. The van der Waals surface area contributed by atoms with Crippen LogP contribution in [0.25, 0.3) is 0 Å². The molecule has 0 aromatic carbocycles. The minimum absolute atomic E-state index is 0.106. The summed E-state index contributed by atoms with van der Waals surface area (Å²) in [4.78, 5) is 0. The van der Waals surface area contributed by atoms with Crippen LogP contribution in [0.3, 0.4) is 0 Å². The van der Waals surface area contributed by atoms with Crippen LogP contribution in [0, 0.1) is 0 Å². The Bertz CT molecular complexity index is 328. The molecular formula is C6H9NO3S2. The van der Waals surface area contributed by atoms with Crippen molar-refractivity contribution in [3.8, 4) is 0 Å². The largest absolute Gasteiger partial charge is 0.390 e. The van der Waals surface area contributed by atoms with Crippen molar-refractivity contribution in [1.82, 2.24) is 4.72 Å². The lowest BCUT2D eigenvalue weighted by atomic mass is 9.93. The Kier molecular flexibility index (Phi) is 1.27. The third kappa shape index (κ3) is 0.700. The van der Waals surface area contributed by atoms with Gasteiger partial charge in [0.25, 0.3) is 0 Å². The molecule has 3 fully saturated rings. The molecule has 2 bridgehead atoms. The van der Waals surface area contributed by atoms with Crippen LogP contribution < -0.4 is 4.72 Å². The van der Waals surface area contributed by atoms with Crippen LogP contribution in [0.2, 0.25) is 0 Å². The first kappa shape index (κ1) is 7.61. The average molecular weight is 207 g/mol. The van der Waals surface area contributed by atoms with Gasteiger partial charge in [-0.25, -0.2) is 13.1 Å². The number of sulfonamides is 1. The van der Waals surface area contributed by atoms with Gasteiger partial charge in [-0.15, -0.1) is 11.8 Å². The number of nitrogens with one attached hydrogen (secondary N) is 1. The molecule has 4 nitrogen and oxygen atoms in total. The van der Waals surface area contributed by atoms with E-state index in [9.17, 15) is 13.5 Å². The summed E-state index contributed by atoms with van der Waals surface area (Å²) in [7, 11) is -3.10. The van der Waals surface area contributed by atoms with Gasteiger partial charge in [-0.2, -0.15) is 0 Å². The molecule has 6 heteroatoms. The van der Waals surface area contributed by atoms with Gasteiger partial charge in [-0.3, -0.25) is 0 Å². The van der Waals surface area contributed by atoms with Gasteiger partial charge in [0.1, 0.15) is 0 Å². The zero-order chi connectivity index (χ0) is 8.51. The summed E-state index contributed by atoms with van der Waals surface area (Å²) in [6.45, 7) is 0. The highest BCUT2D eigenvalue weighted by Gasteiger charge is 2.62. The van der Waals surface area contributed by atoms with Crippen LogP contribution in [0.15, 0.2) is 0 Å². The molecule has 3 saturated heterocycles. The van der Waals surface area contributed by atoms with Crippen molar-refractivity contribution in [2.75, 3.05) is 0 Å². The highest BCUT2D eigenvalue weighted by atomic mass is 32.2. The summed E-state index contributed by atoms with van der Waals surface area (Å²) in [6, 6.07) is -0.205. The second-order valence-electron chi connectivity index (χ2n) is 3.59. The highest BCUT2D eigenvalue weighted by molar-refractivity contribution is 8.03. The quantitative estimate of drug-likeness (QED) is 0.529. The highest BCUT2D eigenvalue weighted by Crippen LogP contribution is 2.52. The SMILES string of the molecule is O=S1(=O)NC2C(O)C3CC1C2S3. The Morgan fingerprint density at radius 3 is 2.83 bits per heavy atom. The minimum Gasteiger partial charge on any atom is -0.390 e. The van der Waals surface area contributed by atoms with Crippen molar-refractivity contribution < 1.29 is 13.5 Å². The molecule has 3 heterocycles. The molecule has 3 aliphatic heterocycles. The van der Waals surface area contributed by atoms with Crippen molar-refractivity contribution in [1.29, 1.82) is 0 Å². The summed E-state index contributed by atoms with van der Waals surface area (Å²) >= 11 is 1.63. The van der Waals surface area contributed by atoms with E-state index in [0.29, 0.717) is 6.42 Å². The lowest BCUT2D eigenvalue weighted by molar-refractivity contribution is 0.133. The van der Waals surface area contributed by atoms with Crippen LogP contribution in [-0.4, -0.2) is 41.4 Å². The number of aliphatic hydroxyl groups excluding tert-OH is 1. The van der Waals surface area contributed by atoms with Crippen LogP contribution in [-0.2, 0) is 10.0 Å². The minimum atomic E-state index is -3.10. The van der Waals surface area contributed by atoms with E-state index >= 15 is 0 Å². The van der Waals surface area contributed by atoms with Gasteiger partial charge in [0, 0.05) is 10.5 Å². The second-order valence-corrected chi connectivity index (χ2v) is 6.95. The molecular weight excluding hydrogens is 198 g/mol. The van der Waals surface area contributed by atoms with E-state index in [-0.39, 0.29) is 21.8 Å². The first-order valence-corrected chi connectivity index (χ1v) is 6.43. The van der Waals surface area contributed by atoms with E-state index in [0.717, 1.165) is 0 Å². The molecule has 0 aromatic rings. The lowest BCUT2D eigenvalue weighted by Crippen LogP contribution is -2.41. The van der Waals surface area contributed by atoms with E-state index in [1.807, 2.05) is 0 Å². The maximum absolute atomic E-state index is 11.4. The van der Waals surface area contributed by atoms with Crippen LogP contribution in [0.1, 0.15) is 6.42 Å². The van der Waals surface area contributed by atoms with Gasteiger partial charge < -0.3 is 5.11 Å². The van der Waals surface area contributed by atoms with Crippen molar-refractivity contribution in [2.45, 2.75) is 34.3 Å². The van der Waals surface area contributed by atoms with Crippen LogP contribution in [0.5, 0.6) is 0 Å². The van der Waals surface area contributed by atoms with Crippen LogP contribution >= 0.6 is 11.8 Å². The molecule has 2 N–H and O–H groups in total. The Morgan fingerprint density at radius 2 is 2.25 bits per heavy atom. The zero-order valence-corrected chi connectivity index (χ0v) is 7.81. The third-order valence-electron chi connectivity index (χ3n) is 2.96. The summed E-state index contributed by atoms with van der Waals surface area (Å²) in [5, 5.41) is 9.61. The molecule has 3 aliphatic rings. The number of fused-ring (bicyclic) bond motifs is 1. The molecule has 3 rings (SSSR count). The Balaban J connectivity index is 2.11. The van der Waals surface area contributed by atoms with E-state index in [4.69, 9.17) is 0 Å². The molecule has 12 heavy (non-hydrogen) atoms. The fraction of sp³-hybridized carbons (Fsp3) is 1.00. The third-order valence-corrected chi connectivity index (χ3v) is 6.78. The molecule has 0 amide bonds. The Morgan fingerprint density at radius 1 is 1.50 bits per heavy atom. The molecule has 0 aliphatic carbocycles. The number of hydrogen-bond acceptors (Lipinski definition) is 4. The van der Waals surface area contributed by atoms with Gasteiger partial charge in [0.15, 0.2) is 0 Å². The molecule has 5 unspecified atom stereocenters. The molecule has 5 atom stereocenters. The van der Waals surface area contributed by atoms with E-state index in [1.54, 1.807) is 11.8 Å². The Labute approximate surface area is 74.8 Å². The van der Waals surface area contributed by atoms with Gasteiger partial charge in [0.05, 0.1) is 17.4 Å². The second kappa shape index (κ2) is 2.00. The van der Waals surface area contributed by atoms with Crippen molar-refractivity contribution in [3.05, 3.63) is 0 Å². The van der Waals surface area contributed by atoms with Crippen LogP contribution in [0.4, 0.5) is 0 Å². The maximum atomic E-state index is 11.4. The van der Waals surface area contributed by atoms with Crippen molar-refractivity contribution >= 4 is 21.8 Å². The number of rotatable bonds is 0. The molecule has 0 saturated carbocycles. The van der Waals surface area contributed by atoms with Gasteiger partial charge >= 0.3 is 0 Å². The van der Waals surface area contributed by atoms with Gasteiger partial charge in [-0.05, 0) is 6.42 Å². The monoisotopic (exact) mass is 207 g/mol. The average Bonchev–Trinajstić information content (AvgIpc) is 2.54. The van der Waals surface area contributed by atoms with E-state index < -0.39 is 16.1 Å². The molecule has 0 aromatic heterocycles. The van der Waals surface area contributed by atoms with Crippen molar-refractivity contribution in [2.24, 2.45) is 0 Å². The predicted molar refractivity (Wildman–Crippen MR) is 45.4 cm³/mol. The summed E-state index contributed by atoms with van der Waals surface area (Å²) in [5.74, 6) is 0. The fourth-order valence-electron chi connectivity index (χ4n) is 2.39. The number of aliphatic hydroxyl groups is 1. The number of thioether (sulfide) groups is 1.